The number of benzene rings is 1. The van der Waals surface area contributed by atoms with E-state index < -0.39 is 11.7 Å². The molecule has 0 aromatic heterocycles. The molecule has 1 aromatic carbocycles. The highest BCUT2D eigenvalue weighted by Gasteiger charge is 2.44. The number of rotatable bonds is 5. The molecule has 3 rings (SSSR count). The van der Waals surface area contributed by atoms with Crippen molar-refractivity contribution in [2.24, 2.45) is 5.92 Å². The van der Waals surface area contributed by atoms with Crippen LogP contribution in [0.15, 0.2) is 24.3 Å². The molecule has 1 aliphatic carbocycles. The fraction of sp³-hybridized carbons (Fsp3) is 0.588. The smallest absolute Gasteiger partial charge is 0.378 e. The molecule has 1 aliphatic heterocycles. The van der Waals surface area contributed by atoms with Gasteiger partial charge in [0.05, 0.1) is 11.7 Å². The van der Waals surface area contributed by atoms with Gasteiger partial charge in [0.25, 0.3) is 0 Å². The summed E-state index contributed by atoms with van der Waals surface area (Å²) in [7, 11) is 0. The molecule has 1 heterocycles. The Hall–Kier alpha value is -1.56. The van der Waals surface area contributed by atoms with Crippen LogP contribution in [0.5, 0.6) is 0 Å². The van der Waals surface area contributed by atoms with E-state index in [2.05, 4.69) is 5.32 Å². The monoisotopic (exact) mass is 327 g/mol. The SMILES string of the molecule is O=C(NCC[C@@H]1CCCO1)[C@H]1C[C@@H]1c1cccc(C(F)(F)F)c1. The average molecular weight is 327 g/mol. The summed E-state index contributed by atoms with van der Waals surface area (Å²) in [6, 6.07) is 5.29. The molecular weight excluding hydrogens is 307 g/mol. The van der Waals surface area contributed by atoms with Gasteiger partial charge in [0, 0.05) is 19.1 Å². The molecule has 0 bridgehead atoms. The first-order chi connectivity index (χ1) is 10.9. The quantitative estimate of drug-likeness (QED) is 0.899. The van der Waals surface area contributed by atoms with Crippen LogP contribution >= 0.6 is 0 Å². The lowest BCUT2D eigenvalue weighted by molar-refractivity contribution is -0.137. The van der Waals surface area contributed by atoms with E-state index in [1.54, 1.807) is 6.07 Å². The van der Waals surface area contributed by atoms with Gasteiger partial charge < -0.3 is 10.1 Å². The number of alkyl halides is 3. The fourth-order valence-electron chi connectivity index (χ4n) is 3.16. The Labute approximate surface area is 133 Å². The van der Waals surface area contributed by atoms with E-state index in [4.69, 9.17) is 4.74 Å². The van der Waals surface area contributed by atoms with Crippen molar-refractivity contribution in [3.63, 3.8) is 0 Å². The van der Waals surface area contributed by atoms with E-state index in [1.807, 2.05) is 0 Å². The summed E-state index contributed by atoms with van der Waals surface area (Å²) in [5.74, 6) is -0.367. The van der Waals surface area contributed by atoms with Crippen molar-refractivity contribution in [3.05, 3.63) is 35.4 Å². The highest BCUT2D eigenvalue weighted by molar-refractivity contribution is 5.82. The van der Waals surface area contributed by atoms with Crippen LogP contribution in [0.3, 0.4) is 0 Å². The van der Waals surface area contributed by atoms with E-state index in [0.29, 0.717) is 18.5 Å². The van der Waals surface area contributed by atoms with Crippen LogP contribution in [-0.4, -0.2) is 25.2 Å². The summed E-state index contributed by atoms with van der Waals surface area (Å²) in [4.78, 5) is 12.1. The molecule has 3 atom stereocenters. The number of hydrogen-bond acceptors (Lipinski definition) is 2. The van der Waals surface area contributed by atoms with E-state index in [1.165, 1.54) is 6.07 Å². The second-order valence-electron chi connectivity index (χ2n) is 6.29. The molecule has 126 valence electrons. The largest absolute Gasteiger partial charge is 0.416 e. The maximum absolute atomic E-state index is 12.7. The molecule has 1 saturated heterocycles. The molecule has 23 heavy (non-hydrogen) atoms. The summed E-state index contributed by atoms with van der Waals surface area (Å²) in [5.41, 5.74) is -0.0569. The standard InChI is InChI=1S/C17H20F3NO2/c18-17(19,20)12-4-1-3-11(9-12)14-10-15(14)16(22)21-7-6-13-5-2-8-23-13/h1,3-4,9,13-15H,2,5-8,10H2,(H,21,22)/t13-,14+,15-/m0/s1. The van der Waals surface area contributed by atoms with Crippen LogP contribution in [0.4, 0.5) is 13.2 Å². The first kappa shape index (κ1) is 16.3. The van der Waals surface area contributed by atoms with Gasteiger partial charge in [-0.15, -0.1) is 0 Å². The second-order valence-corrected chi connectivity index (χ2v) is 6.29. The Bertz CT molecular complexity index is 567. The molecule has 3 nitrogen and oxygen atoms in total. The van der Waals surface area contributed by atoms with E-state index in [9.17, 15) is 18.0 Å². The Balaban J connectivity index is 1.49. The summed E-state index contributed by atoms with van der Waals surface area (Å²) in [5, 5.41) is 2.87. The van der Waals surface area contributed by atoms with Gasteiger partial charge in [0.2, 0.25) is 5.91 Å². The highest BCUT2D eigenvalue weighted by Crippen LogP contribution is 2.48. The Morgan fingerprint density at radius 2 is 2.17 bits per heavy atom. The molecular formula is C17H20F3NO2. The Kier molecular flexibility index (Phi) is 4.62. The lowest BCUT2D eigenvalue weighted by Crippen LogP contribution is -2.28. The number of carbonyl (C=O) groups is 1. The van der Waals surface area contributed by atoms with Gasteiger partial charge in [-0.2, -0.15) is 13.2 Å². The van der Waals surface area contributed by atoms with E-state index in [0.717, 1.165) is 38.0 Å². The zero-order chi connectivity index (χ0) is 16.4. The number of carbonyl (C=O) groups excluding carboxylic acids is 1. The van der Waals surface area contributed by atoms with Crippen molar-refractivity contribution in [3.8, 4) is 0 Å². The van der Waals surface area contributed by atoms with Crippen molar-refractivity contribution in [2.75, 3.05) is 13.2 Å². The van der Waals surface area contributed by atoms with E-state index >= 15 is 0 Å². The Morgan fingerprint density at radius 3 is 2.87 bits per heavy atom. The molecule has 1 aromatic rings. The number of ether oxygens (including phenoxy) is 1. The zero-order valence-corrected chi connectivity index (χ0v) is 12.7. The number of hydrogen-bond donors (Lipinski definition) is 1. The lowest BCUT2D eigenvalue weighted by atomic mass is 10.1. The van der Waals surface area contributed by atoms with Crippen LogP contribution in [0.2, 0.25) is 0 Å². The molecule has 1 saturated carbocycles. The fourth-order valence-corrected chi connectivity index (χ4v) is 3.16. The van der Waals surface area contributed by atoms with Crippen molar-refractivity contribution in [1.29, 1.82) is 0 Å². The number of halogens is 3. The van der Waals surface area contributed by atoms with Crippen LogP contribution in [0.25, 0.3) is 0 Å². The van der Waals surface area contributed by atoms with Gasteiger partial charge in [-0.05, 0) is 43.2 Å². The molecule has 0 radical (unpaired) electrons. The first-order valence-electron chi connectivity index (χ1n) is 8.01. The Morgan fingerprint density at radius 1 is 1.35 bits per heavy atom. The van der Waals surface area contributed by atoms with Crippen molar-refractivity contribution < 1.29 is 22.7 Å². The van der Waals surface area contributed by atoms with E-state index in [-0.39, 0.29) is 23.8 Å². The summed E-state index contributed by atoms with van der Waals surface area (Å²) < 4.78 is 43.7. The molecule has 2 fully saturated rings. The van der Waals surface area contributed by atoms with Crippen LogP contribution in [0, 0.1) is 5.92 Å². The third kappa shape index (κ3) is 4.05. The van der Waals surface area contributed by atoms with Gasteiger partial charge in [-0.25, -0.2) is 0 Å². The van der Waals surface area contributed by atoms with Gasteiger partial charge in [0.15, 0.2) is 0 Å². The van der Waals surface area contributed by atoms with Gasteiger partial charge in [0.1, 0.15) is 0 Å². The van der Waals surface area contributed by atoms with Gasteiger partial charge in [-0.1, -0.05) is 18.2 Å². The molecule has 6 heteroatoms. The zero-order valence-electron chi connectivity index (χ0n) is 12.7. The maximum Gasteiger partial charge on any atom is 0.416 e. The first-order valence-corrected chi connectivity index (χ1v) is 8.01. The lowest BCUT2D eigenvalue weighted by Gasteiger charge is -2.10. The third-order valence-corrected chi connectivity index (χ3v) is 4.56. The minimum atomic E-state index is -4.34. The van der Waals surface area contributed by atoms with Crippen molar-refractivity contribution in [2.45, 2.75) is 43.9 Å². The molecule has 2 aliphatic rings. The van der Waals surface area contributed by atoms with Crippen molar-refractivity contribution in [1.82, 2.24) is 5.32 Å². The number of amides is 1. The highest BCUT2D eigenvalue weighted by atomic mass is 19.4. The minimum absolute atomic E-state index is 0.0644. The minimum Gasteiger partial charge on any atom is -0.378 e. The summed E-state index contributed by atoms with van der Waals surface area (Å²) in [6.45, 7) is 1.36. The normalized spacial score (nSPS) is 27.0. The number of nitrogens with one attached hydrogen (secondary N) is 1. The molecule has 1 amide bonds. The predicted octanol–water partition coefficient (Wildman–Crippen LogP) is 3.49. The summed E-state index contributed by atoms with van der Waals surface area (Å²) >= 11 is 0. The van der Waals surface area contributed by atoms with Gasteiger partial charge in [-0.3, -0.25) is 4.79 Å². The summed E-state index contributed by atoms with van der Waals surface area (Å²) in [6.07, 6.45) is -0.594. The van der Waals surface area contributed by atoms with Gasteiger partial charge >= 0.3 is 6.18 Å². The van der Waals surface area contributed by atoms with Crippen molar-refractivity contribution >= 4 is 5.91 Å². The second kappa shape index (κ2) is 6.51. The van der Waals surface area contributed by atoms with Crippen LogP contribution in [0.1, 0.15) is 42.7 Å². The third-order valence-electron chi connectivity index (χ3n) is 4.56. The van der Waals surface area contributed by atoms with Crippen LogP contribution < -0.4 is 5.32 Å². The topological polar surface area (TPSA) is 38.3 Å². The molecule has 0 spiro atoms. The molecule has 0 unspecified atom stereocenters. The maximum atomic E-state index is 12.7. The molecule has 1 N–H and O–H groups in total. The van der Waals surface area contributed by atoms with Crippen LogP contribution in [-0.2, 0) is 15.7 Å². The average Bonchev–Trinajstić information content (AvgIpc) is 3.16. The predicted molar refractivity (Wildman–Crippen MR) is 78.9 cm³/mol.